The number of nitrogens with zero attached hydrogens (tertiary/aromatic N) is 3. The van der Waals surface area contributed by atoms with Crippen molar-refractivity contribution in [3.8, 4) is 0 Å². The average Bonchev–Trinajstić information content (AvgIpc) is 3.45. The molecule has 0 saturated carbocycles. The number of hydrogen-bond donors (Lipinski definition) is 1. The van der Waals surface area contributed by atoms with Crippen molar-refractivity contribution in [1.82, 2.24) is 8.87 Å². The van der Waals surface area contributed by atoms with Crippen LogP contribution in [0.25, 0.3) is 10.2 Å². The van der Waals surface area contributed by atoms with E-state index in [1.165, 1.54) is 40.7 Å². The molecule has 1 aliphatic rings. The number of ether oxygens (including phenoxy) is 1. The first kappa shape index (κ1) is 24.7. The first-order valence-electron chi connectivity index (χ1n) is 10.5. The summed E-state index contributed by atoms with van der Waals surface area (Å²) in [6.45, 7) is 1.75. The number of sulfonamides is 2. The van der Waals surface area contributed by atoms with Gasteiger partial charge in [0.25, 0.3) is 5.91 Å². The number of carbonyl (C=O) groups is 1. The van der Waals surface area contributed by atoms with E-state index in [9.17, 15) is 21.6 Å². The minimum atomic E-state index is -3.88. The van der Waals surface area contributed by atoms with Crippen molar-refractivity contribution < 1.29 is 26.4 Å². The molecule has 1 amide bonds. The van der Waals surface area contributed by atoms with E-state index in [4.69, 9.17) is 9.88 Å². The van der Waals surface area contributed by atoms with Crippen molar-refractivity contribution in [3.63, 3.8) is 0 Å². The summed E-state index contributed by atoms with van der Waals surface area (Å²) in [5, 5.41) is 5.24. The van der Waals surface area contributed by atoms with E-state index >= 15 is 0 Å². The summed E-state index contributed by atoms with van der Waals surface area (Å²) in [7, 11) is -5.91. The molecule has 4 rings (SSSR count). The highest BCUT2D eigenvalue weighted by Crippen LogP contribution is 2.23. The number of primary sulfonamides is 1. The van der Waals surface area contributed by atoms with Crippen molar-refractivity contribution in [2.24, 2.45) is 10.1 Å². The van der Waals surface area contributed by atoms with Crippen LogP contribution in [0.4, 0.5) is 0 Å². The first-order chi connectivity index (χ1) is 16.1. The second kappa shape index (κ2) is 9.68. The van der Waals surface area contributed by atoms with Crippen molar-refractivity contribution in [2.75, 3.05) is 26.8 Å². The summed E-state index contributed by atoms with van der Waals surface area (Å²) in [4.78, 5) is 17.6. The molecule has 10 nitrogen and oxygen atoms in total. The third-order valence-electron chi connectivity index (χ3n) is 5.50. The van der Waals surface area contributed by atoms with Gasteiger partial charge >= 0.3 is 0 Å². The van der Waals surface area contributed by atoms with Crippen LogP contribution in [0.3, 0.4) is 0 Å². The lowest BCUT2D eigenvalue weighted by molar-refractivity contribution is 0.0997. The normalized spacial score (nSPS) is 15.9. The molecule has 1 fully saturated rings. The van der Waals surface area contributed by atoms with Gasteiger partial charge in [0.2, 0.25) is 20.0 Å². The highest BCUT2D eigenvalue weighted by molar-refractivity contribution is 7.89. The number of methoxy groups -OCH3 is 1. The third kappa shape index (κ3) is 4.99. The van der Waals surface area contributed by atoms with Gasteiger partial charge in [-0.05, 0) is 55.3 Å². The molecule has 2 aromatic carbocycles. The van der Waals surface area contributed by atoms with Gasteiger partial charge in [0.15, 0.2) is 4.80 Å². The molecule has 0 bridgehead atoms. The molecule has 2 N–H and O–H groups in total. The Kier molecular flexibility index (Phi) is 7.03. The van der Waals surface area contributed by atoms with Crippen molar-refractivity contribution in [2.45, 2.75) is 29.2 Å². The van der Waals surface area contributed by atoms with E-state index in [2.05, 4.69) is 4.99 Å². The summed E-state index contributed by atoms with van der Waals surface area (Å²) in [6, 6.07) is 10.2. The van der Waals surface area contributed by atoms with Crippen LogP contribution in [0.15, 0.2) is 57.2 Å². The van der Waals surface area contributed by atoms with Gasteiger partial charge in [0.1, 0.15) is 0 Å². The monoisotopic (exact) mass is 524 g/mol. The number of rotatable bonds is 7. The molecule has 3 aromatic rings. The molecule has 0 atom stereocenters. The maximum atomic E-state index is 12.9. The Morgan fingerprint density at radius 2 is 1.71 bits per heavy atom. The van der Waals surface area contributed by atoms with Crippen molar-refractivity contribution >= 4 is 47.5 Å². The highest BCUT2D eigenvalue weighted by atomic mass is 32.2. The fourth-order valence-electron chi connectivity index (χ4n) is 3.71. The number of aromatic nitrogens is 1. The zero-order valence-corrected chi connectivity index (χ0v) is 20.8. The standard InChI is InChI=1S/C21H24N4O6S3/c1-31-13-12-25-18-9-8-17(33(22,27)28)14-19(18)32-21(25)23-20(26)15-4-6-16(7-5-15)34(29,30)24-10-2-3-11-24/h4-9,14H,2-3,10-13H2,1H3,(H2,22,27,28). The van der Waals surface area contributed by atoms with Crippen molar-refractivity contribution in [1.29, 1.82) is 0 Å². The fraction of sp³-hybridized carbons (Fsp3) is 0.333. The van der Waals surface area contributed by atoms with Gasteiger partial charge < -0.3 is 9.30 Å². The molecule has 0 aliphatic carbocycles. The van der Waals surface area contributed by atoms with Gasteiger partial charge in [0, 0.05) is 32.3 Å². The quantitative estimate of drug-likeness (QED) is 0.497. The molecule has 0 radical (unpaired) electrons. The van der Waals surface area contributed by atoms with Crippen molar-refractivity contribution in [3.05, 3.63) is 52.8 Å². The molecular formula is C21H24N4O6S3. The predicted molar refractivity (Wildman–Crippen MR) is 127 cm³/mol. The number of fused-ring (bicyclic) bond motifs is 1. The summed E-state index contributed by atoms with van der Waals surface area (Å²) < 4.78 is 57.8. The Morgan fingerprint density at radius 3 is 2.32 bits per heavy atom. The Bertz CT molecular complexity index is 1500. The van der Waals surface area contributed by atoms with Crippen LogP contribution in [-0.4, -0.2) is 58.4 Å². The predicted octanol–water partition coefficient (Wildman–Crippen LogP) is 1.52. The zero-order valence-electron chi connectivity index (χ0n) is 18.4. The number of nitrogens with two attached hydrogens (primary N) is 1. The largest absolute Gasteiger partial charge is 0.383 e. The molecule has 34 heavy (non-hydrogen) atoms. The van der Waals surface area contributed by atoms with Crippen LogP contribution >= 0.6 is 11.3 Å². The average molecular weight is 525 g/mol. The first-order valence-corrected chi connectivity index (χ1v) is 14.3. The Morgan fingerprint density at radius 1 is 1.06 bits per heavy atom. The van der Waals surface area contributed by atoms with Gasteiger partial charge in [-0.2, -0.15) is 9.30 Å². The van der Waals surface area contributed by atoms with E-state index in [0.29, 0.717) is 41.3 Å². The Labute approximate surface area is 201 Å². The van der Waals surface area contributed by atoms with Gasteiger partial charge in [-0.25, -0.2) is 22.0 Å². The highest BCUT2D eigenvalue weighted by Gasteiger charge is 2.27. The molecule has 1 aliphatic heterocycles. The van der Waals surface area contributed by atoms with Crippen LogP contribution < -0.4 is 9.94 Å². The smallest absolute Gasteiger partial charge is 0.279 e. The number of amides is 1. The maximum absolute atomic E-state index is 12.9. The fourth-order valence-corrected chi connectivity index (χ4v) is 6.94. The molecule has 13 heteroatoms. The Balaban J connectivity index is 1.70. The molecule has 2 heterocycles. The molecule has 1 aromatic heterocycles. The van der Waals surface area contributed by atoms with Gasteiger partial charge in [0.05, 0.1) is 26.6 Å². The Hall–Kier alpha value is -2.42. The van der Waals surface area contributed by atoms with Gasteiger partial charge in [-0.1, -0.05) is 11.3 Å². The van der Waals surface area contributed by atoms with Crippen LogP contribution in [0.2, 0.25) is 0 Å². The minimum Gasteiger partial charge on any atom is -0.383 e. The molecule has 1 saturated heterocycles. The molecule has 0 unspecified atom stereocenters. The lowest BCUT2D eigenvalue weighted by Gasteiger charge is -2.15. The van der Waals surface area contributed by atoms with E-state index in [1.807, 2.05) is 0 Å². The second-order valence-corrected chi connectivity index (χ2v) is 12.3. The van der Waals surface area contributed by atoms with E-state index in [1.54, 1.807) is 17.7 Å². The van der Waals surface area contributed by atoms with Crippen LogP contribution in [0.1, 0.15) is 23.2 Å². The molecular weight excluding hydrogens is 500 g/mol. The van der Waals surface area contributed by atoms with E-state index < -0.39 is 26.0 Å². The summed E-state index contributed by atoms with van der Waals surface area (Å²) in [5.74, 6) is -0.547. The maximum Gasteiger partial charge on any atom is 0.279 e. The summed E-state index contributed by atoms with van der Waals surface area (Å²) >= 11 is 1.15. The summed E-state index contributed by atoms with van der Waals surface area (Å²) in [5.41, 5.74) is 0.925. The number of thiazole rings is 1. The van der Waals surface area contributed by atoms with E-state index in [-0.39, 0.29) is 15.4 Å². The SMILES string of the molecule is COCCn1c(=NC(=O)c2ccc(S(=O)(=O)N3CCCC3)cc2)sc2cc(S(N)(=O)=O)ccc21. The van der Waals surface area contributed by atoms with Gasteiger partial charge in [-0.3, -0.25) is 4.79 Å². The minimum absolute atomic E-state index is 0.0344. The van der Waals surface area contributed by atoms with Crippen LogP contribution in [0, 0.1) is 0 Å². The van der Waals surface area contributed by atoms with Gasteiger partial charge in [-0.15, -0.1) is 0 Å². The third-order valence-corrected chi connectivity index (χ3v) is 9.37. The lowest BCUT2D eigenvalue weighted by atomic mass is 10.2. The zero-order chi connectivity index (χ0) is 24.5. The molecule has 182 valence electrons. The van der Waals surface area contributed by atoms with Crippen LogP contribution in [0.5, 0.6) is 0 Å². The second-order valence-electron chi connectivity index (χ2n) is 7.76. The van der Waals surface area contributed by atoms with Crippen LogP contribution in [-0.2, 0) is 31.3 Å². The number of carbonyl (C=O) groups excluding carboxylic acids is 1. The molecule has 0 spiro atoms. The van der Waals surface area contributed by atoms with E-state index in [0.717, 1.165) is 24.2 Å². The lowest BCUT2D eigenvalue weighted by Crippen LogP contribution is -2.27. The topological polar surface area (TPSA) is 141 Å². The summed E-state index contributed by atoms with van der Waals surface area (Å²) in [6.07, 6.45) is 1.68. The number of benzene rings is 2. The number of hydrogen-bond acceptors (Lipinski definition) is 7.